The summed E-state index contributed by atoms with van der Waals surface area (Å²) in [6.45, 7) is 2.15. The smallest absolute Gasteiger partial charge is 0.164 e. The highest BCUT2D eigenvalue weighted by atomic mass is 16.1. The number of carbonyl (C=O) groups is 1. The molecule has 2 aromatic carbocycles. The maximum atomic E-state index is 12.1. The molecule has 1 unspecified atom stereocenters. The van der Waals surface area contributed by atoms with Gasteiger partial charge in [0.15, 0.2) is 5.78 Å². The molecule has 16 heavy (non-hydrogen) atoms. The Morgan fingerprint density at radius 3 is 2.75 bits per heavy atom. The first-order valence-corrected chi connectivity index (χ1v) is 5.79. The molecule has 80 valence electrons. The summed E-state index contributed by atoms with van der Waals surface area (Å²) in [4.78, 5) is 12.1. The van der Waals surface area contributed by atoms with Gasteiger partial charge in [-0.3, -0.25) is 4.79 Å². The molecule has 0 bridgehead atoms. The van der Waals surface area contributed by atoms with Crippen LogP contribution in [0.4, 0.5) is 0 Å². The Kier molecular flexibility index (Phi) is 2.06. The van der Waals surface area contributed by atoms with Crippen LogP contribution in [-0.4, -0.2) is 5.78 Å². The molecule has 0 N–H and O–H groups in total. The summed E-state index contributed by atoms with van der Waals surface area (Å²) in [6.07, 6.45) is 1.73. The summed E-state index contributed by atoms with van der Waals surface area (Å²) in [6, 6.07) is 12.4. The predicted octanol–water partition coefficient (Wildman–Crippen LogP) is 3.60. The molecule has 0 saturated heterocycles. The minimum absolute atomic E-state index is 0.311. The van der Waals surface area contributed by atoms with Crippen LogP contribution in [0.3, 0.4) is 0 Å². The van der Waals surface area contributed by atoms with E-state index in [-0.39, 0.29) is 0 Å². The molecule has 0 heterocycles. The molecule has 1 aliphatic rings. The number of carbonyl (C=O) groups excluding carboxylic acids is 1. The van der Waals surface area contributed by atoms with Gasteiger partial charge >= 0.3 is 0 Å². The average Bonchev–Trinajstić information content (AvgIpc) is 2.28. The topological polar surface area (TPSA) is 17.1 Å². The quantitative estimate of drug-likeness (QED) is 0.649. The van der Waals surface area contributed by atoms with Gasteiger partial charge in [-0.2, -0.15) is 0 Å². The minimum Gasteiger partial charge on any atom is -0.294 e. The SMILES string of the molecule is CC1CC(=O)c2c(ccc3ccccc23)C1. The van der Waals surface area contributed by atoms with Gasteiger partial charge in [0.25, 0.3) is 0 Å². The number of Topliss-reactive ketones (excluding diaryl/α,β-unsaturated/α-hetero) is 1. The Hall–Kier alpha value is -1.63. The van der Waals surface area contributed by atoms with Crippen LogP contribution < -0.4 is 0 Å². The van der Waals surface area contributed by atoms with Crippen molar-refractivity contribution in [3.05, 3.63) is 47.5 Å². The molecule has 0 aliphatic heterocycles. The van der Waals surface area contributed by atoms with E-state index in [2.05, 4.69) is 31.2 Å². The van der Waals surface area contributed by atoms with E-state index >= 15 is 0 Å². The van der Waals surface area contributed by atoms with E-state index in [1.54, 1.807) is 0 Å². The molecule has 1 aliphatic carbocycles. The molecule has 0 radical (unpaired) electrons. The van der Waals surface area contributed by atoms with Gasteiger partial charge in [0.05, 0.1) is 0 Å². The van der Waals surface area contributed by atoms with Gasteiger partial charge in [-0.15, -0.1) is 0 Å². The molecule has 0 fully saturated rings. The molecule has 0 amide bonds. The highest BCUT2D eigenvalue weighted by Crippen LogP contribution is 2.31. The second-order valence-electron chi connectivity index (χ2n) is 4.76. The van der Waals surface area contributed by atoms with Crippen molar-refractivity contribution in [2.45, 2.75) is 19.8 Å². The molecule has 1 nitrogen and oxygen atoms in total. The second kappa shape index (κ2) is 3.44. The van der Waals surface area contributed by atoms with E-state index in [1.807, 2.05) is 12.1 Å². The van der Waals surface area contributed by atoms with Gasteiger partial charge in [-0.1, -0.05) is 43.3 Å². The maximum Gasteiger partial charge on any atom is 0.164 e. The standard InChI is InChI=1S/C15H14O/c1-10-8-12-7-6-11-4-2-3-5-13(11)15(12)14(16)9-10/h2-7,10H,8-9H2,1H3. The lowest BCUT2D eigenvalue weighted by atomic mass is 9.82. The van der Waals surface area contributed by atoms with Gasteiger partial charge in [-0.25, -0.2) is 0 Å². The van der Waals surface area contributed by atoms with Gasteiger partial charge in [-0.05, 0) is 28.7 Å². The van der Waals surface area contributed by atoms with Gasteiger partial charge < -0.3 is 0 Å². The molecule has 0 aromatic heterocycles. The van der Waals surface area contributed by atoms with E-state index in [0.29, 0.717) is 18.1 Å². The largest absolute Gasteiger partial charge is 0.294 e. The van der Waals surface area contributed by atoms with E-state index < -0.39 is 0 Å². The molecule has 1 atom stereocenters. The summed E-state index contributed by atoms with van der Waals surface area (Å²) in [5.74, 6) is 0.798. The number of hydrogen-bond acceptors (Lipinski definition) is 1. The van der Waals surface area contributed by atoms with E-state index in [4.69, 9.17) is 0 Å². The van der Waals surface area contributed by atoms with Gasteiger partial charge in [0, 0.05) is 12.0 Å². The fraction of sp³-hybridized carbons (Fsp3) is 0.267. The minimum atomic E-state index is 0.311. The summed E-state index contributed by atoms with van der Waals surface area (Å²) in [5, 5.41) is 2.29. The molecule has 3 rings (SSSR count). The molecular formula is C15H14O. The number of benzene rings is 2. The number of fused-ring (bicyclic) bond motifs is 3. The monoisotopic (exact) mass is 210 g/mol. The Labute approximate surface area is 95.1 Å². The lowest BCUT2D eigenvalue weighted by Gasteiger charge is -2.21. The van der Waals surface area contributed by atoms with E-state index in [0.717, 1.165) is 17.4 Å². The maximum absolute atomic E-state index is 12.1. The zero-order valence-corrected chi connectivity index (χ0v) is 9.36. The fourth-order valence-electron chi connectivity index (χ4n) is 2.68. The molecule has 0 spiro atoms. The lowest BCUT2D eigenvalue weighted by Crippen LogP contribution is -2.18. The van der Waals surface area contributed by atoms with Crippen molar-refractivity contribution in [1.82, 2.24) is 0 Å². The van der Waals surface area contributed by atoms with Crippen molar-refractivity contribution in [3.63, 3.8) is 0 Å². The van der Waals surface area contributed by atoms with Crippen molar-refractivity contribution in [1.29, 1.82) is 0 Å². The van der Waals surface area contributed by atoms with Crippen LogP contribution in [0.5, 0.6) is 0 Å². The molecule has 1 heteroatoms. The van der Waals surface area contributed by atoms with Crippen molar-refractivity contribution in [3.8, 4) is 0 Å². The van der Waals surface area contributed by atoms with Crippen molar-refractivity contribution in [2.24, 2.45) is 5.92 Å². The third-order valence-corrected chi connectivity index (χ3v) is 3.40. The summed E-state index contributed by atoms with van der Waals surface area (Å²) in [5.41, 5.74) is 2.19. The van der Waals surface area contributed by atoms with Crippen LogP contribution in [0.15, 0.2) is 36.4 Å². The second-order valence-corrected chi connectivity index (χ2v) is 4.76. The normalized spacial score (nSPS) is 19.8. The lowest BCUT2D eigenvalue weighted by molar-refractivity contribution is 0.0955. The zero-order chi connectivity index (χ0) is 11.1. The Balaban J connectivity index is 2.33. The first kappa shape index (κ1) is 9.59. The summed E-state index contributed by atoms with van der Waals surface area (Å²) in [7, 11) is 0. The van der Waals surface area contributed by atoms with Crippen LogP contribution in [0, 0.1) is 5.92 Å². The third-order valence-electron chi connectivity index (χ3n) is 3.40. The zero-order valence-electron chi connectivity index (χ0n) is 9.36. The number of rotatable bonds is 0. The van der Waals surface area contributed by atoms with E-state index in [9.17, 15) is 4.79 Å². The highest BCUT2D eigenvalue weighted by Gasteiger charge is 2.23. The van der Waals surface area contributed by atoms with Crippen LogP contribution in [0.25, 0.3) is 10.8 Å². The average molecular weight is 210 g/mol. The number of ketones is 1. The van der Waals surface area contributed by atoms with Crippen molar-refractivity contribution in [2.75, 3.05) is 0 Å². The summed E-state index contributed by atoms with van der Waals surface area (Å²) < 4.78 is 0. The van der Waals surface area contributed by atoms with Gasteiger partial charge in [0.1, 0.15) is 0 Å². The first-order chi connectivity index (χ1) is 7.75. The van der Waals surface area contributed by atoms with Crippen LogP contribution >= 0.6 is 0 Å². The Morgan fingerprint density at radius 2 is 1.88 bits per heavy atom. The highest BCUT2D eigenvalue weighted by molar-refractivity contribution is 6.10. The van der Waals surface area contributed by atoms with Crippen LogP contribution in [0.1, 0.15) is 29.3 Å². The Bertz CT molecular complexity index is 569. The van der Waals surface area contributed by atoms with Crippen molar-refractivity contribution < 1.29 is 4.79 Å². The summed E-state index contributed by atoms with van der Waals surface area (Å²) >= 11 is 0. The predicted molar refractivity (Wildman–Crippen MR) is 65.8 cm³/mol. The molecule has 0 saturated carbocycles. The van der Waals surface area contributed by atoms with Crippen molar-refractivity contribution >= 4 is 16.6 Å². The molecular weight excluding hydrogens is 196 g/mol. The molecule has 2 aromatic rings. The number of hydrogen-bond donors (Lipinski definition) is 0. The van der Waals surface area contributed by atoms with Crippen LogP contribution in [0.2, 0.25) is 0 Å². The fourth-order valence-corrected chi connectivity index (χ4v) is 2.68. The Morgan fingerprint density at radius 1 is 1.06 bits per heavy atom. The van der Waals surface area contributed by atoms with Gasteiger partial charge in [0.2, 0.25) is 0 Å². The first-order valence-electron chi connectivity index (χ1n) is 5.79. The van der Waals surface area contributed by atoms with Crippen LogP contribution in [-0.2, 0) is 6.42 Å². The third kappa shape index (κ3) is 1.35. The van der Waals surface area contributed by atoms with E-state index in [1.165, 1.54) is 10.9 Å².